The first-order valence-electron chi connectivity index (χ1n) is 5.69. The molecule has 0 aromatic carbocycles. The summed E-state index contributed by atoms with van der Waals surface area (Å²) in [6, 6.07) is 0.151. The summed E-state index contributed by atoms with van der Waals surface area (Å²) in [6.45, 7) is 8.79. The lowest BCUT2D eigenvalue weighted by atomic mass is 9.87. The predicted molar refractivity (Wildman–Crippen MR) is 71.0 cm³/mol. The molecule has 1 aromatic rings. The van der Waals surface area contributed by atoms with Crippen molar-refractivity contribution < 1.29 is 4.79 Å². The third kappa shape index (κ3) is 3.26. The van der Waals surface area contributed by atoms with Gasteiger partial charge in [0.05, 0.1) is 0 Å². The van der Waals surface area contributed by atoms with Gasteiger partial charge in [-0.1, -0.05) is 20.8 Å². The molecule has 2 N–H and O–H groups in total. The highest BCUT2D eigenvalue weighted by molar-refractivity contribution is 7.09. The second kappa shape index (κ2) is 5.14. The van der Waals surface area contributed by atoms with Gasteiger partial charge in [0.25, 0.3) is 5.91 Å². The number of hydrogen-bond donors (Lipinski definition) is 1. The van der Waals surface area contributed by atoms with Crippen molar-refractivity contribution in [3.63, 3.8) is 0 Å². The van der Waals surface area contributed by atoms with Gasteiger partial charge < -0.3 is 10.6 Å². The fourth-order valence-corrected chi connectivity index (χ4v) is 2.09. The minimum absolute atomic E-state index is 0.0385. The molecule has 1 heterocycles. The number of carbonyl (C=O) groups excluding carboxylic acids is 1. The maximum absolute atomic E-state index is 12.2. The number of hydrogen-bond acceptors (Lipinski definition) is 4. The zero-order chi connectivity index (χ0) is 13.2. The number of rotatable bonds is 3. The van der Waals surface area contributed by atoms with E-state index < -0.39 is 0 Å². The summed E-state index contributed by atoms with van der Waals surface area (Å²) >= 11 is 1.43. The van der Waals surface area contributed by atoms with Gasteiger partial charge in [-0.3, -0.25) is 4.79 Å². The van der Waals surface area contributed by atoms with Crippen LogP contribution < -0.4 is 5.73 Å². The molecule has 0 radical (unpaired) electrons. The van der Waals surface area contributed by atoms with Crippen molar-refractivity contribution in [1.82, 2.24) is 9.88 Å². The van der Waals surface area contributed by atoms with Crippen LogP contribution in [0.25, 0.3) is 0 Å². The van der Waals surface area contributed by atoms with Gasteiger partial charge in [0.1, 0.15) is 10.7 Å². The molecule has 0 fully saturated rings. The van der Waals surface area contributed by atoms with Gasteiger partial charge in [-0.25, -0.2) is 4.98 Å². The second-order valence-corrected chi connectivity index (χ2v) is 6.23. The standard InChI is InChI=1S/C12H21N3OS/c1-8(12(2,3)4)15(5)11(16)9-7-17-10(6-13)14-9/h7-8H,6,13H2,1-5H3. The van der Waals surface area contributed by atoms with Crippen LogP contribution in [-0.4, -0.2) is 28.9 Å². The van der Waals surface area contributed by atoms with Gasteiger partial charge in [0.15, 0.2) is 0 Å². The van der Waals surface area contributed by atoms with Crippen molar-refractivity contribution in [3.05, 3.63) is 16.1 Å². The molecule has 1 aromatic heterocycles. The van der Waals surface area contributed by atoms with Gasteiger partial charge in [0.2, 0.25) is 0 Å². The van der Waals surface area contributed by atoms with E-state index in [1.165, 1.54) is 11.3 Å². The van der Waals surface area contributed by atoms with Gasteiger partial charge >= 0.3 is 0 Å². The molecule has 1 unspecified atom stereocenters. The van der Waals surface area contributed by atoms with Crippen molar-refractivity contribution >= 4 is 17.2 Å². The van der Waals surface area contributed by atoms with E-state index in [1.54, 1.807) is 10.3 Å². The van der Waals surface area contributed by atoms with E-state index in [0.29, 0.717) is 12.2 Å². The lowest BCUT2D eigenvalue weighted by Gasteiger charge is -2.35. The molecular formula is C12H21N3OS. The maximum Gasteiger partial charge on any atom is 0.273 e. The smallest absolute Gasteiger partial charge is 0.273 e. The Labute approximate surface area is 107 Å². The highest BCUT2D eigenvalue weighted by atomic mass is 32.1. The molecule has 0 aliphatic heterocycles. The molecule has 5 heteroatoms. The van der Waals surface area contributed by atoms with Crippen molar-refractivity contribution in [3.8, 4) is 0 Å². The van der Waals surface area contributed by atoms with E-state index in [4.69, 9.17) is 5.73 Å². The van der Waals surface area contributed by atoms with Gasteiger partial charge in [-0.15, -0.1) is 11.3 Å². The summed E-state index contributed by atoms with van der Waals surface area (Å²) in [4.78, 5) is 18.2. The van der Waals surface area contributed by atoms with Gasteiger partial charge in [-0.05, 0) is 12.3 Å². The minimum Gasteiger partial charge on any atom is -0.337 e. The van der Waals surface area contributed by atoms with Crippen LogP contribution in [0.1, 0.15) is 43.2 Å². The molecule has 0 saturated heterocycles. The Hall–Kier alpha value is -0.940. The Bertz CT molecular complexity index is 395. The molecule has 1 atom stereocenters. The Morgan fingerprint density at radius 3 is 2.59 bits per heavy atom. The number of amides is 1. The van der Waals surface area contributed by atoms with E-state index in [0.717, 1.165) is 5.01 Å². The highest BCUT2D eigenvalue weighted by Gasteiger charge is 2.28. The van der Waals surface area contributed by atoms with E-state index in [2.05, 4.69) is 25.8 Å². The molecular weight excluding hydrogens is 234 g/mol. The van der Waals surface area contributed by atoms with Crippen LogP contribution in [-0.2, 0) is 6.54 Å². The molecule has 4 nitrogen and oxygen atoms in total. The van der Waals surface area contributed by atoms with Crippen LogP contribution in [0.15, 0.2) is 5.38 Å². The fraction of sp³-hybridized carbons (Fsp3) is 0.667. The monoisotopic (exact) mass is 255 g/mol. The summed E-state index contributed by atoms with van der Waals surface area (Å²) < 4.78 is 0. The van der Waals surface area contributed by atoms with Crippen LogP contribution in [0.2, 0.25) is 0 Å². The van der Waals surface area contributed by atoms with E-state index >= 15 is 0 Å². The Morgan fingerprint density at radius 2 is 2.18 bits per heavy atom. The van der Waals surface area contributed by atoms with Crippen molar-refractivity contribution in [2.24, 2.45) is 11.1 Å². The first kappa shape index (κ1) is 14.1. The summed E-state index contributed by atoms with van der Waals surface area (Å²) in [7, 11) is 1.82. The van der Waals surface area contributed by atoms with Crippen LogP contribution in [0.3, 0.4) is 0 Å². The van der Waals surface area contributed by atoms with Crippen molar-refractivity contribution in [2.45, 2.75) is 40.3 Å². The zero-order valence-corrected chi connectivity index (χ0v) is 12.0. The number of thiazole rings is 1. The molecule has 0 aliphatic rings. The highest BCUT2D eigenvalue weighted by Crippen LogP contribution is 2.24. The van der Waals surface area contributed by atoms with E-state index in [-0.39, 0.29) is 17.4 Å². The molecule has 17 heavy (non-hydrogen) atoms. The lowest BCUT2D eigenvalue weighted by molar-refractivity contribution is 0.0624. The zero-order valence-electron chi connectivity index (χ0n) is 11.2. The Balaban J connectivity index is 2.83. The van der Waals surface area contributed by atoms with Crippen LogP contribution in [0.4, 0.5) is 0 Å². The molecule has 96 valence electrons. The quantitative estimate of drug-likeness (QED) is 0.900. The normalized spacial score (nSPS) is 13.5. The summed E-state index contributed by atoms with van der Waals surface area (Å²) in [5.74, 6) is -0.0385. The van der Waals surface area contributed by atoms with Crippen molar-refractivity contribution in [2.75, 3.05) is 7.05 Å². The number of nitrogens with two attached hydrogens (primary N) is 1. The third-order valence-corrected chi connectivity index (χ3v) is 3.97. The first-order valence-corrected chi connectivity index (χ1v) is 6.57. The van der Waals surface area contributed by atoms with Crippen LogP contribution in [0, 0.1) is 5.41 Å². The molecule has 0 spiro atoms. The van der Waals surface area contributed by atoms with Gasteiger partial charge in [0, 0.05) is 25.0 Å². The second-order valence-electron chi connectivity index (χ2n) is 5.29. The lowest BCUT2D eigenvalue weighted by Crippen LogP contribution is -2.43. The van der Waals surface area contributed by atoms with Crippen LogP contribution >= 0.6 is 11.3 Å². The van der Waals surface area contributed by atoms with Crippen LogP contribution in [0.5, 0.6) is 0 Å². The predicted octanol–water partition coefficient (Wildman–Crippen LogP) is 2.11. The molecule has 0 bridgehead atoms. The topological polar surface area (TPSA) is 59.2 Å². The summed E-state index contributed by atoms with van der Waals surface area (Å²) in [6.07, 6.45) is 0. The number of carbonyl (C=O) groups is 1. The number of aromatic nitrogens is 1. The minimum atomic E-state index is -0.0385. The number of nitrogens with zero attached hydrogens (tertiary/aromatic N) is 2. The Morgan fingerprint density at radius 1 is 1.59 bits per heavy atom. The summed E-state index contributed by atoms with van der Waals surface area (Å²) in [5, 5.41) is 2.57. The van der Waals surface area contributed by atoms with Gasteiger partial charge in [-0.2, -0.15) is 0 Å². The third-order valence-electron chi connectivity index (χ3n) is 3.10. The molecule has 0 aliphatic carbocycles. The molecule has 1 amide bonds. The maximum atomic E-state index is 12.2. The fourth-order valence-electron chi connectivity index (χ4n) is 1.44. The van der Waals surface area contributed by atoms with E-state index in [1.807, 2.05) is 14.0 Å². The first-order chi connectivity index (χ1) is 7.77. The SMILES string of the molecule is CC(N(C)C(=O)c1csc(CN)n1)C(C)(C)C. The molecule has 0 saturated carbocycles. The Kier molecular flexibility index (Phi) is 4.27. The van der Waals surface area contributed by atoms with Crippen molar-refractivity contribution in [1.29, 1.82) is 0 Å². The van der Waals surface area contributed by atoms with E-state index in [9.17, 15) is 4.79 Å². The average molecular weight is 255 g/mol. The average Bonchev–Trinajstić information content (AvgIpc) is 2.73. The largest absolute Gasteiger partial charge is 0.337 e. The molecule has 1 rings (SSSR count). The summed E-state index contributed by atoms with van der Waals surface area (Å²) in [5.41, 5.74) is 6.04.